The third kappa shape index (κ3) is 3.39. The first-order valence-electron chi connectivity index (χ1n) is 10.6. The van der Waals surface area contributed by atoms with E-state index in [0.717, 1.165) is 41.8 Å². The molecule has 1 aliphatic carbocycles. The molecular formula is C22H25N7O2. The molecule has 1 unspecified atom stereocenters. The summed E-state index contributed by atoms with van der Waals surface area (Å²) in [7, 11) is 0. The van der Waals surface area contributed by atoms with Gasteiger partial charge in [0.15, 0.2) is 0 Å². The van der Waals surface area contributed by atoms with E-state index in [9.17, 15) is 9.59 Å². The fourth-order valence-electron chi connectivity index (χ4n) is 4.95. The van der Waals surface area contributed by atoms with E-state index < -0.39 is 0 Å². The number of nitrogens with two attached hydrogens (primary N) is 1. The molecule has 0 saturated carbocycles. The Hall–Kier alpha value is -3.49. The largest absolute Gasteiger partial charge is 0.384 e. The van der Waals surface area contributed by atoms with Gasteiger partial charge in [0, 0.05) is 48.1 Å². The molecule has 9 nitrogen and oxygen atoms in total. The molecule has 3 aromatic heterocycles. The van der Waals surface area contributed by atoms with Crippen LogP contribution in [0.4, 0.5) is 5.82 Å². The minimum Gasteiger partial charge on any atom is -0.384 e. The predicted octanol–water partition coefficient (Wildman–Crippen LogP) is 1.43. The monoisotopic (exact) mass is 419 g/mol. The van der Waals surface area contributed by atoms with Gasteiger partial charge in [-0.1, -0.05) is 0 Å². The number of aryl methyl sites for hydroxylation is 1. The number of H-pyrrole nitrogens is 1. The van der Waals surface area contributed by atoms with Gasteiger partial charge in [-0.05, 0) is 44.7 Å². The summed E-state index contributed by atoms with van der Waals surface area (Å²) in [5, 5.41) is 4.31. The van der Waals surface area contributed by atoms with Crippen LogP contribution in [0, 0.1) is 6.92 Å². The lowest BCUT2D eigenvalue weighted by molar-refractivity contribution is -0.134. The Balaban J connectivity index is 1.45. The van der Waals surface area contributed by atoms with Crippen molar-refractivity contribution in [1.82, 2.24) is 29.6 Å². The van der Waals surface area contributed by atoms with Crippen molar-refractivity contribution in [3.63, 3.8) is 0 Å². The van der Waals surface area contributed by atoms with Gasteiger partial charge in [-0.3, -0.25) is 14.6 Å². The van der Waals surface area contributed by atoms with E-state index in [-0.39, 0.29) is 23.4 Å². The number of likely N-dealkylation sites (tertiary alicyclic amines) is 1. The Morgan fingerprint density at radius 2 is 2.23 bits per heavy atom. The van der Waals surface area contributed by atoms with Crippen LogP contribution in [0.15, 0.2) is 35.4 Å². The highest BCUT2D eigenvalue weighted by atomic mass is 16.2. The topological polar surface area (TPSA) is 123 Å². The van der Waals surface area contributed by atoms with E-state index in [2.05, 4.69) is 15.1 Å². The van der Waals surface area contributed by atoms with Gasteiger partial charge >= 0.3 is 0 Å². The summed E-state index contributed by atoms with van der Waals surface area (Å²) in [5.41, 5.74) is 8.72. The third-order valence-electron chi connectivity index (χ3n) is 6.45. The molecule has 31 heavy (non-hydrogen) atoms. The van der Waals surface area contributed by atoms with E-state index in [4.69, 9.17) is 10.7 Å². The lowest BCUT2D eigenvalue weighted by atomic mass is 9.77. The van der Waals surface area contributed by atoms with Gasteiger partial charge in [0.25, 0.3) is 5.56 Å². The van der Waals surface area contributed by atoms with Crippen LogP contribution in [0.25, 0.3) is 11.4 Å². The highest BCUT2D eigenvalue weighted by molar-refractivity contribution is 5.76. The summed E-state index contributed by atoms with van der Waals surface area (Å²) < 4.78 is 1.55. The van der Waals surface area contributed by atoms with Crippen LogP contribution in [0.1, 0.15) is 36.2 Å². The second kappa shape index (κ2) is 7.33. The van der Waals surface area contributed by atoms with Crippen molar-refractivity contribution in [2.45, 2.75) is 44.6 Å². The Bertz CT molecular complexity index is 1200. The highest BCUT2D eigenvalue weighted by Gasteiger charge is 2.45. The summed E-state index contributed by atoms with van der Waals surface area (Å²) in [6.07, 6.45) is 6.67. The average Bonchev–Trinajstić information content (AvgIpc) is 3.28. The molecule has 1 saturated heterocycles. The number of hydrogen-bond acceptors (Lipinski definition) is 6. The van der Waals surface area contributed by atoms with Crippen LogP contribution in [0.5, 0.6) is 0 Å². The Kier molecular flexibility index (Phi) is 4.60. The number of nitrogens with zero attached hydrogens (tertiary/aromatic N) is 5. The van der Waals surface area contributed by atoms with Crippen molar-refractivity contribution >= 4 is 11.7 Å². The highest BCUT2D eigenvalue weighted by Crippen LogP contribution is 2.43. The quantitative estimate of drug-likeness (QED) is 0.662. The number of carbonyl (C=O) groups is 1. The van der Waals surface area contributed by atoms with Gasteiger partial charge in [-0.15, -0.1) is 0 Å². The van der Waals surface area contributed by atoms with Crippen LogP contribution < -0.4 is 11.3 Å². The average molecular weight is 419 g/mol. The molecule has 2 aliphatic rings. The van der Waals surface area contributed by atoms with Gasteiger partial charge in [0.2, 0.25) is 5.91 Å². The lowest BCUT2D eigenvalue weighted by Gasteiger charge is -2.40. The molecule has 1 aliphatic heterocycles. The molecule has 1 spiro atoms. The van der Waals surface area contributed by atoms with E-state index >= 15 is 0 Å². The maximum atomic E-state index is 13.0. The predicted molar refractivity (Wildman–Crippen MR) is 115 cm³/mol. The molecule has 1 atom stereocenters. The normalized spacial score (nSPS) is 20.2. The number of hydrogen-bond donors (Lipinski definition) is 2. The minimum atomic E-state index is -0.292. The molecule has 0 radical (unpaired) electrons. The van der Waals surface area contributed by atoms with Crippen molar-refractivity contribution in [2.24, 2.45) is 0 Å². The van der Waals surface area contributed by atoms with Crippen LogP contribution in [-0.2, 0) is 23.2 Å². The Morgan fingerprint density at radius 1 is 1.35 bits per heavy atom. The van der Waals surface area contributed by atoms with Crippen LogP contribution in [-0.4, -0.2) is 48.6 Å². The Morgan fingerprint density at radius 3 is 2.97 bits per heavy atom. The number of carbonyl (C=O) groups excluding carboxylic acids is 1. The van der Waals surface area contributed by atoms with Gasteiger partial charge in [-0.2, -0.15) is 5.10 Å². The van der Waals surface area contributed by atoms with E-state index in [1.807, 2.05) is 24.0 Å². The number of aromatic amines is 1. The third-order valence-corrected chi connectivity index (χ3v) is 6.45. The SMILES string of the molecule is Cc1cc(N)n(CC(=O)N2CCCC3(CCc4c3nc(-c3cccnc3)[nH]c4=O)C2)n1. The molecule has 1 amide bonds. The first-order valence-corrected chi connectivity index (χ1v) is 10.6. The number of pyridine rings is 1. The zero-order chi connectivity index (χ0) is 21.6. The smallest absolute Gasteiger partial charge is 0.254 e. The molecule has 5 rings (SSSR count). The maximum absolute atomic E-state index is 13.0. The van der Waals surface area contributed by atoms with Gasteiger partial charge in [0.1, 0.15) is 18.2 Å². The van der Waals surface area contributed by atoms with Crippen LogP contribution in [0.2, 0.25) is 0 Å². The fourth-order valence-corrected chi connectivity index (χ4v) is 4.95. The van der Waals surface area contributed by atoms with E-state index in [1.54, 1.807) is 23.1 Å². The van der Waals surface area contributed by atoms with Crippen molar-refractivity contribution < 1.29 is 4.79 Å². The summed E-state index contributed by atoms with van der Waals surface area (Å²) in [6, 6.07) is 5.46. The molecule has 0 bridgehead atoms. The maximum Gasteiger partial charge on any atom is 0.254 e. The molecule has 4 heterocycles. The van der Waals surface area contributed by atoms with Crippen molar-refractivity contribution in [2.75, 3.05) is 18.8 Å². The zero-order valence-corrected chi connectivity index (χ0v) is 17.5. The summed E-state index contributed by atoms with van der Waals surface area (Å²) >= 11 is 0. The van der Waals surface area contributed by atoms with E-state index in [1.165, 1.54) is 0 Å². The number of amides is 1. The molecule has 160 valence electrons. The first kappa shape index (κ1) is 19.5. The summed E-state index contributed by atoms with van der Waals surface area (Å²) in [5.74, 6) is 0.999. The molecule has 9 heteroatoms. The van der Waals surface area contributed by atoms with Gasteiger partial charge in [-0.25, -0.2) is 9.67 Å². The number of piperidine rings is 1. The van der Waals surface area contributed by atoms with Crippen LogP contribution >= 0.6 is 0 Å². The molecule has 0 aromatic carbocycles. The van der Waals surface area contributed by atoms with Crippen molar-refractivity contribution in [3.05, 3.63) is 57.9 Å². The van der Waals surface area contributed by atoms with Crippen LogP contribution in [0.3, 0.4) is 0 Å². The van der Waals surface area contributed by atoms with Gasteiger partial charge in [0.05, 0.1) is 11.4 Å². The lowest BCUT2D eigenvalue weighted by Crippen LogP contribution is -2.49. The standard InChI is InChI=1S/C22H25N7O2/c1-14-10-17(23)29(27-14)12-18(30)28-9-3-6-22(13-28)7-5-16-19(22)25-20(26-21(16)31)15-4-2-8-24-11-15/h2,4,8,10-11H,3,5-7,9,12-13,23H2,1H3,(H,25,26,31). The number of fused-ring (bicyclic) bond motifs is 2. The molecule has 3 N–H and O–H groups in total. The second-order valence-electron chi connectivity index (χ2n) is 8.55. The molecule has 3 aromatic rings. The van der Waals surface area contributed by atoms with E-state index in [0.29, 0.717) is 31.2 Å². The van der Waals surface area contributed by atoms with Crippen molar-refractivity contribution in [1.29, 1.82) is 0 Å². The number of nitrogen functional groups attached to an aromatic ring is 1. The molecule has 1 fully saturated rings. The minimum absolute atomic E-state index is 0.0142. The molecular weight excluding hydrogens is 394 g/mol. The number of rotatable bonds is 3. The zero-order valence-electron chi connectivity index (χ0n) is 17.5. The first-order chi connectivity index (χ1) is 14.9. The summed E-state index contributed by atoms with van der Waals surface area (Å²) in [6.45, 7) is 3.22. The number of anilines is 1. The Labute approximate surface area is 179 Å². The second-order valence-corrected chi connectivity index (χ2v) is 8.55. The number of nitrogens with one attached hydrogen (secondary N) is 1. The summed E-state index contributed by atoms with van der Waals surface area (Å²) in [4.78, 5) is 39.7. The van der Waals surface area contributed by atoms with Gasteiger partial charge < -0.3 is 15.6 Å². The number of aromatic nitrogens is 5. The van der Waals surface area contributed by atoms with Crippen molar-refractivity contribution in [3.8, 4) is 11.4 Å². The fraction of sp³-hybridized carbons (Fsp3) is 0.409.